The summed E-state index contributed by atoms with van der Waals surface area (Å²) in [4.78, 5) is 6.48. The molecule has 0 radical (unpaired) electrons. The van der Waals surface area contributed by atoms with E-state index in [1.807, 2.05) is 24.3 Å². The number of aliphatic imine (C=N–C) groups is 1. The van der Waals surface area contributed by atoms with Crippen LogP contribution in [0.3, 0.4) is 0 Å². The molecule has 8 nitrogen and oxygen atoms in total. The maximum absolute atomic E-state index is 6.54. The summed E-state index contributed by atoms with van der Waals surface area (Å²) < 4.78 is 11.2. The Kier molecular flexibility index (Phi) is 6.33. The smallest absolute Gasteiger partial charge is 0.209 e. The molecule has 2 aliphatic heterocycles. The van der Waals surface area contributed by atoms with E-state index in [9.17, 15) is 0 Å². The molecule has 0 spiro atoms. The van der Waals surface area contributed by atoms with Crippen molar-refractivity contribution >= 4 is 29.2 Å². The SMILES string of the molecule is NC1=NC(N)(c2cc(Cl)c(-c3ccc(OCCN4CCOCC4)cc3)c(Cl)c2)NN1. The van der Waals surface area contributed by atoms with Crippen molar-refractivity contribution in [2.24, 2.45) is 16.5 Å². The molecule has 10 heteroatoms. The van der Waals surface area contributed by atoms with E-state index in [-0.39, 0.29) is 5.96 Å². The number of hydrogen-bond donors (Lipinski definition) is 4. The van der Waals surface area contributed by atoms with E-state index >= 15 is 0 Å². The number of morpholine rings is 1. The van der Waals surface area contributed by atoms with E-state index in [1.165, 1.54) is 0 Å². The second-order valence-corrected chi connectivity index (χ2v) is 7.97. The molecule has 1 fully saturated rings. The number of nitrogens with one attached hydrogen (secondary N) is 2. The average molecular weight is 451 g/mol. The molecule has 0 bridgehead atoms. The van der Waals surface area contributed by atoms with Gasteiger partial charge in [-0.3, -0.25) is 16.1 Å². The van der Waals surface area contributed by atoms with Gasteiger partial charge in [0.05, 0.1) is 23.3 Å². The van der Waals surface area contributed by atoms with Gasteiger partial charge in [-0.15, -0.1) is 0 Å². The molecule has 0 saturated carbocycles. The Morgan fingerprint density at radius 2 is 1.80 bits per heavy atom. The molecular formula is C20H24Cl2N6O2. The van der Waals surface area contributed by atoms with Gasteiger partial charge in [-0.05, 0) is 29.8 Å². The summed E-state index contributed by atoms with van der Waals surface area (Å²) in [6.45, 7) is 4.96. The lowest BCUT2D eigenvalue weighted by molar-refractivity contribution is 0.0322. The molecular weight excluding hydrogens is 427 g/mol. The Balaban J connectivity index is 1.45. The van der Waals surface area contributed by atoms with Gasteiger partial charge in [-0.1, -0.05) is 35.3 Å². The van der Waals surface area contributed by atoms with E-state index in [1.54, 1.807) is 12.1 Å². The fourth-order valence-electron chi connectivity index (χ4n) is 3.45. The van der Waals surface area contributed by atoms with E-state index < -0.39 is 5.79 Å². The second kappa shape index (κ2) is 8.97. The van der Waals surface area contributed by atoms with Gasteiger partial charge in [0.1, 0.15) is 12.4 Å². The van der Waals surface area contributed by atoms with Crippen LogP contribution >= 0.6 is 23.2 Å². The highest BCUT2D eigenvalue weighted by molar-refractivity contribution is 6.39. The van der Waals surface area contributed by atoms with E-state index in [0.29, 0.717) is 27.8 Å². The second-order valence-electron chi connectivity index (χ2n) is 7.16. The number of hydrazine groups is 1. The first-order chi connectivity index (χ1) is 14.4. The zero-order valence-electron chi connectivity index (χ0n) is 16.3. The van der Waals surface area contributed by atoms with E-state index in [2.05, 4.69) is 20.7 Å². The van der Waals surface area contributed by atoms with Gasteiger partial charge in [0.2, 0.25) is 11.7 Å². The standard InChI is InChI=1S/C20H24Cl2N6O2/c21-16-11-14(20(24)25-19(23)26-27-20)12-17(22)18(16)13-1-3-15(4-2-13)30-10-7-28-5-8-29-9-6-28/h1-4,11-12,27H,5-10,24H2,(H3,23,25,26). The molecule has 4 rings (SSSR count). The quantitative estimate of drug-likeness (QED) is 0.531. The fourth-order valence-corrected chi connectivity index (χ4v) is 4.15. The molecule has 1 saturated heterocycles. The molecule has 0 aliphatic carbocycles. The summed E-state index contributed by atoms with van der Waals surface area (Å²) in [6.07, 6.45) is 0. The first-order valence-corrected chi connectivity index (χ1v) is 10.4. The monoisotopic (exact) mass is 450 g/mol. The number of benzene rings is 2. The van der Waals surface area contributed by atoms with Gasteiger partial charge >= 0.3 is 0 Å². The van der Waals surface area contributed by atoms with Crippen molar-refractivity contribution in [2.75, 3.05) is 39.5 Å². The lowest BCUT2D eigenvalue weighted by Gasteiger charge is -2.26. The van der Waals surface area contributed by atoms with Crippen molar-refractivity contribution < 1.29 is 9.47 Å². The predicted octanol–water partition coefficient (Wildman–Crippen LogP) is 1.86. The van der Waals surface area contributed by atoms with Gasteiger partial charge in [-0.2, -0.15) is 5.43 Å². The van der Waals surface area contributed by atoms with Crippen molar-refractivity contribution in [2.45, 2.75) is 5.79 Å². The number of halogens is 2. The molecule has 2 aliphatic rings. The molecule has 30 heavy (non-hydrogen) atoms. The average Bonchev–Trinajstić information content (AvgIpc) is 3.09. The van der Waals surface area contributed by atoms with Gasteiger partial charge < -0.3 is 15.2 Å². The molecule has 1 unspecified atom stereocenters. The van der Waals surface area contributed by atoms with Crippen LogP contribution in [0.15, 0.2) is 41.4 Å². The Bertz CT molecular complexity index is 910. The third kappa shape index (κ3) is 4.64. The van der Waals surface area contributed by atoms with Crippen LogP contribution in [0, 0.1) is 0 Å². The zero-order valence-corrected chi connectivity index (χ0v) is 17.8. The third-order valence-electron chi connectivity index (χ3n) is 5.08. The minimum absolute atomic E-state index is 0.193. The first kappa shape index (κ1) is 21.2. The summed E-state index contributed by atoms with van der Waals surface area (Å²) in [6, 6.07) is 11.1. The Labute approximate surface area is 185 Å². The minimum Gasteiger partial charge on any atom is -0.492 e. The Morgan fingerprint density at radius 3 is 2.40 bits per heavy atom. The lowest BCUT2D eigenvalue weighted by atomic mass is 10.0. The summed E-state index contributed by atoms with van der Waals surface area (Å²) >= 11 is 13.1. The van der Waals surface area contributed by atoms with Crippen molar-refractivity contribution in [1.82, 2.24) is 15.8 Å². The van der Waals surface area contributed by atoms with Crippen LogP contribution in [0.4, 0.5) is 0 Å². The number of ether oxygens (including phenoxy) is 2. The molecule has 2 aromatic rings. The molecule has 2 aromatic carbocycles. The summed E-state index contributed by atoms with van der Waals surface area (Å²) in [5.74, 6) is -0.241. The Morgan fingerprint density at radius 1 is 1.13 bits per heavy atom. The number of nitrogens with two attached hydrogens (primary N) is 2. The molecule has 1 atom stereocenters. The normalized spacial score (nSPS) is 21.9. The molecule has 2 heterocycles. The van der Waals surface area contributed by atoms with Crippen molar-refractivity contribution in [3.63, 3.8) is 0 Å². The number of hydrogen-bond acceptors (Lipinski definition) is 8. The number of nitrogens with zero attached hydrogens (tertiary/aromatic N) is 2. The molecule has 6 N–H and O–H groups in total. The molecule has 0 amide bonds. The summed E-state index contributed by atoms with van der Waals surface area (Å²) in [5, 5.41) is 0.927. The first-order valence-electron chi connectivity index (χ1n) is 9.65. The van der Waals surface area contributed by atoms with Crippen LogP contribution in [-0.2, 0) is 10.5 Å². The van der Waals surface area contributed by atoms with Crippen molar-refractivity contribution in [3.8, 4) is 16.9 Å². The van der Waals surface area contributed by atoms with Gasteiger partial charge in [0.15, 0.2) is 0 Å². The summed E-state index contributed by atoms with van der Waals surface area (Å²) in [5.41, 5.74) is 19.6. The summed E-state index contributed by atoms with van der Waals surface area (Å²) in [7, 11) is 0. The van der Waals surface area contributed by atoms with E-state index in [4.69, 9.17) is 44.1 Å². The topological polar surface area (TPSA) is 110 Å². The van der Waals surface area contributed by atoms with Crippen LogP contribution in [0.25, 0.3) is 11.1 Å². The van der Waals surface area contributed by atoms with Crippen LogP contribution in [0.1, 0.15) is 5.56 Å². The largest absolute Gasteiger partial charge is 0.492 e. The van der Waals surface area contributed by atoms with Crippen molar-refractivity contribution in [3.05, 3.63) is 52.0 Å². The zero-order chi connectivity index (χ0) is 21.1. The highest BCUT2D eigenvalue weighted by Gasteiger charge is 2.32. The van der Waals surface area contributed by atoms with Gasteiger partial charge in [-0.25, -0.2) is 4.99 Å². The van der Waals surface area contributed by atoms with Crippen LogP contribution in [0.2, 0.25) is 10.0 Å². The van der Waals surface area contributed by atoms with Crippen LogP contribution in [-0.4, -0.2) is 50.3 Å². The molecule has 0 aromatic heterocycles. The lowest BCUT2D eigenvalue weighted by Crippen LogP contribution is -2.50. The maximum Gasteiger partial charge on any atom is 0.209 e. The van der Waals surface area contributed by atoms with E-state index in [0.717, 1.165) is 44.2 Å². The third-order valence-corrected chi connectivity index (χ3v) is 5.68. The highest BCUT2D eigenvalue weighted by Crippen LogP contribution is 2.38. The number of rotatable bonds is 6. The van der Waals surface area contributed by atoms with Crippen LogP contribution in [0.5, 0.6) is 5.75 Å². The molecule has 160 valence electrons. The minimum atomic E-state index is -1.23. The Hall–Kier alpha value is -2.07. The van der Waals surface area contributed by atoms with Crippen LogP contribution < -0.4 is 27.1 Å². The maximum atomic E-state index is 6.54. The van der Waals surface area contributed by atoms with Gasteiger partial charge in [0.25, 0.3) is 0 Å². The predicted molar refractivity (Wildman–Crippen MR) is 118 cm³/mol. The highest BCUT2D eigenvalue weighted by atomic mass is 35.5. The fraction of sp³-hybridized carbons (Fsp3) is 0.350. The van der Waals surface area contributed by atoms with Gasteiger partial charge in [0, 0.05) is 30.8 Å². The van der Waals surface area contributed by atoms with Crippen molar-refractivity contribution in [1.29, 1.82) is 0 Å². The number of guanidine groups is 1.